The standard InChI is InChI=1S/C15H12BrCl2N3O4S/c1-7(24-10-3-2-8(17)6-9(10)18)13(22)20-21-15(26)19-14(23)11-4-5-12(16)25-11/h2-7H,1H3,(H,20,22)(H2,19,21,23,26). The number of hydrogen-bond donors (Lipinski definition) is 3. The smallest absolute Gasteiger partial charge is 0.293 e. The van der Waals surface area contributed by atoms with Crippen LogP contribution < -0.4 is 20.9 Å². The third kappa shape index (κ3) is 5.87. The van der Waals surface area contributed by atoms with Gasteiger partial charge in [-0.15, -0.1) is 0 Å². The number of carbonyl (C=O) groups excluding carboxylic acids is 2. The topological polar surface area (TPSA) is 92.6 Å². The average molecular weight is 481 g/mol. The summed E-state index contributed by atoms with van der Waals surface area (Å²) >= 11 is 19.8. The van der Waals surface area contributed by atoms with E-state index in [0.29, 0.717) is 15.4 Å². The molecule has 1 aromatic heterocycles. The van der Waals surface area contributed by atoms with Gasteiger partial charge in [0.25, 0.3) is 11.8 Å². The summed E-state index contributed by atoms with van der Waals surface area (Å²) in [5, 5.41) is 2.95. The Labute approximate surface area is 172 Å². The van der Waals surface area contributed by atoms with Gasteiger partial charge in [0.15, 0.2) is 21.6 Å². The SMILES string of the molecule is CC(Oc1ccc(Cl)cc1Cl)C(=O)NNC(=S)NC(=O)c1ccc(Br)o1. The molecule has 0 radical (unpaired) electrons. The summed E-state index contributed by atoms with van der Waals surface area (Å²) < 4.78 is 10.9. The molecule has 7 nitrogen and oxygen atoms in total. The molecule has 0 aliphatic heterocycles. The van der Waals surface area contributed by atoms with E-state index >= 15 is 0 Å². The zero-order valence-corrected chi connectivity index (χ0v) is 17.1. The van der Waals surface area contributed by atoms with Gasteiger partial charge in [0.1, 0.15) is 5.75 Å². The molecule has 2 amide bonds. The van der Waals surface area contributed by atoms with Gasteiger partial charge >= 0.3 is 0 Å². The number of rotatable bonds is 4. The van der Waals surface area contributed by atoms with Gasteiger partial charge in [-0.25, -0.2) is 0 Å². The molecule has 0 aliphatic carbocycles. The normalized spacial score (nSPS) is 11.4. The fraction of sp³-hybridized carbons (Fsp3) is 0.133. The summed E-state index contributed by atoms with van der Waals surface area (Å²) in [4.78, 5) is 23.9. The molecule has 1 unspecified atom stereocenters. The molecule has 0 aliphatic rings. The number of amides is 2. The Kier molecular flexibility index (Phi) is 7.27. The van der Waals surface area contributed by atoms with Gasteiger partial charge < -0.3 is 9.15 Å². The lowest BCUT2D eigenvalue weighted by Gasteiger charge is -2.16. The molecule has 26 heavy (non-hydrogen) atoms. The molecule has 0 saturated carbocycles. The second-order valence-corrected chi connectivity index (χ2v) is 6.87. The second kappa shape index (κ2) is 9.22. The van der Waals surface area contributed by atoms with E-state index < -0.39 is 17.9 Å². The molecular formula is C15H12BrCl2N3O4S. The van der Waals surface area contributed by atoms with Crippen molar-refractivity contribution in [3.63, 3.8) is 0 Å². The van der Waals surface area contributed by atoms with Crippen LogP contribution >= 0.6 is 51.3 Å². The van der Waals surface area contributed by atoms with Crippen LogP contribution in [0.2, 0.25) is 10.0 Å². The van der Waals surface area contributed by atoms with Crippen molar-refractivity contribution in [1.82, 2.24) is 16.2 Å². The zero-order valence-electron chi connectivity index (χ0n) is 13.1. The molecule has 0 fully saturated rings. The molecular weight excluding hydrogens is 469 g/mol. The Morgan fingerprint density at radius 1 is 1.23 bits per heavy atom. The first kappa shape index (κ1) is 20.5. The van der Waals surface area contributed by atoms with Gasteiger partial charge in [0, 0.05) is 5.02 Å². The van der Waals surface area contributed by atoms with Gasteiger partial charge in [-0.05, 0) is 65.4 Å². The molecule has 11 heteroatoms. The minimum absolute atomic E-state index is 0.0569. The summed E-state index contributed by atoms with van der Waals surface area (Å²) in [5.74, 6) is -0.743. The highest BCUT2D eigenvalue weighted by molar-refractivity contribution is 9.10. The first-order valence-corrected chi connectivity index (χ1v) is 9.00. The largest absolute Gasteiger partial charge is 0.479 e. The van der Waals surface area contributed by atoms with Crippen molar-refractivity contribution in [1.29, 1.82) is 0 Å². The molecule has 2 rings (SSSR count). The molecule has 1 atom stereocenters. The van der Waals surface area contributed by atoms with E-state index in [0.717, 1.165) is 0 Å². The maximum atomic E-state index is 12.0. The van der Waals surface area contributed by atoms with Crippen LogP contribution in [-0.4, -0.2) is 23.0 Å². The molecule has 0 spiro atoms. The Morgan fingerprint density at radius 3 is 2.58 bits per heavy atom. The summed E-state index contributed by atoms with van der Waals surface area (Å²) in [7, 11) is 0. The molecule has 1 aromatic carbocycles. The van der Waals surface area contributed by atoms with Crippen molar-refractivity contribution < 1.29 is 18.7 Å². The van der Waals surface area contributed by atoms with Crippen molar-refractivity contribution in [3.8, 4) is 5.75 Å². The van der Waals surface area contributed by atoms with Crippen LogP contribution in [0.1, 0.15) is 17.5 Å². The maximum Gasteiger partial charge on any atom is 0.293 e. The van der Waals surface area contributed by atoms with Crippen LogP contribution in [0.5, 0.6) is 5.75 Å². The van der Waals surface area contributed by atoms with Gasteiger partial charge in [0.2, 0.25) is 0 Å². The van der Waals surface area contributed by atoms with Gasteiger partial charge in [0.05, 0.1) is 5.02 Å². The number of carbonyl (C=O) groups is 2. The number of benzene rings is 1. The van der Waals surface area contributed by atoms with E-state index in [1.807, 2.05) is 0 Å². The van der Waals surface area contributed by atoms with Crippen molar-refractivity contribution >= 4 is 68.3 Å². The first-order chi connectivity index (χ1) is 12.3. The molecule has 2 aromatic rings. The van der Waals surface area contributed by atoms with Crippen molar-refractivity contribution in [2.75, 3.05) is 0 Å². The third-order valence-corrected chi connectivity index (χ3v) is 4.05. The third-order valence-electron chi connectivity index (χ3n) is 2.89. The summed E-state index contributed by atoms with van der Waals surface area (Å²) in [6, 6.07) is 7.66. The van der Waals surface area contributed by atoms with Crippen LogP contribution in [0.4, 0.5) is 0 Å². The highest BCUT2D eigenvalue weighted by Crippen LogP contribution is 2.28. The minimum Gasteiger partial charge on any atom is -0.479 e. The monoisotopic (exact) mass is 479 g/mol. The molecule has 1 heterocycles. The van der Waals surface area contributed by atoms with Gasteiger partial charge in [-0.1, -0.05) is 23.2 Å². The predicted molar refractivity (Wildman–Crippen MR) is 104 cm³/mol. The number of hydrazine groups is 1. The number of hydrogen-bond acceptors (Lipinski definition) is 5. The summed E-state index contributed by atoms with van der Waals surface area (Å²) in [5.41, 5.74) is 4.71. The molecule has 3 N–H and O–H groups in total. The molecule has 138 valence electrons. The predicted octanol–water partition coefficient (Wildman–Crippen LogP) is 3.45. The van der Waals surface area contributed by atoms with E-state index in [1.165, 1.54) is 19.1 Å². The average Bonchev–Trinajstić information content (AvgIpc) is 3.01. The van der Waals surface area contributed by atoms with Gasteiger partial charge in [-0.3, -0.25) is 25.8 Å². The van der Waals surface area contributed by atoms with Crippen LogP contribution in [-0.2, 0) is 4.79 Å². The van der Waals surface area contributed by atoms with Crippen molar-refractivity contribution in [2.24, 2.45) is 0 Å². The fourth-order valence-corrected chi connectivity index (χ4v) is 2.57. The van der Waals surface area contributed by atoms with Crippen molar-refractivity contribution in [2.45, 2.75) is 13.0 Å². The lowest BCUT2D eigenvalue weighted by atomic mass is 10.3. The van der Waals surface area contributed by atoms with E-state index in [9.17, 15) is 9.59 Å². The number of halogens is 3. The highest BCUT2D eigenvalue weighted by Gasteiger charge is 2.17. The first-order valence-electron chi connectivity index (χ1n) is 7.04. The Bertz CT molecular complexity index is 846. The Hall–Kier alpha value is -1.81. The van der Waals surface area contributed by atoms with E-state index in [-0.39, 0.29) is 15.9 Å². The quantitative estimate of drug-likeness (QED) is 0.458. The number of thiocarbonyl (C=S) groups is 1. The molecule has 0 bridgehead atoms. The van der Waals surface area contributed by atoms with Crippen molar-refractivity contribution in [3.05, 3.63) is 50.8 Å². The minimum atomic E-state index is -0.888. The number of nitrogens with one attached hydrogen (secondary N) is 3. The van der Waals surface area contributed by atoms with E-state index in [2.05, 4.69) is 32.1 Å². The Balaban J connectivity index is 1.81. The maximum absolute atomic E-state index is 12.0. The fourth-order valence-electron chi connectivity index (χ4n) is 1.67. The zero-order chi connectivity index (χ0) is 19.3. The number of furan rings is 1. The van der Waals surface area contributed by atoms with E-state index in [1.54, 1.807) is 18.2 Å². The second-order valence-electron chi connectivity index (χ2n) is 4.84. The highest BCUT2D eigenvalue weighted by atomic mass is 79.9. The van der Waals surface area contributed by atoms with Crippen LogP contribution in [0.3, 0.4) is 0 Å². The lowest BCUT2D eigenvalue weighted by molar-refractivity contribution is -0.127. The van der Waals surface area contributed by atoms with Crippen LogP contribution in [0.25, 0.3) is 0 Å². The summed E-state index contributed by atoms with van der Waals surface area (Å²) in [6.07, 6.45) is -0.888. The van der Waals surface area contributed by atoms with Gasteiger partial charge in [-0.2, -0.15) is 0 Å². The Morgan fingerprint density at radius 2 is 1.96 bits per heavy atom. The van der Waals surface area contributed by atoms with Crippen LogP contribution in [0, 0.1) is 0 Å². The molecule has 0 saturated heterocycles. The van der Waals surface area contributed by atoms with E-state index in [4.69, 9.17) is 44.6 Å². The number of ether oxygens (including phenoxy) is 1. The lowest BCUT2D eigenvalue weighted by Crippen LogP contribution is -2.51. The summed E-state index contributed by atoms with van der Waals surface area (Å²) in [6.45, 7) is 1.52. The van der Waals surface area contributed by atoms with Crippen LogP contribution in [0.15, 0.2) is 39.4 Å².